The maximum atomic E-state index is 5.94. The maximum absolute atomic E-state index is 5.94. The van der Waals surface area contributed by atoms with Crippen LogP contribution in [0.1, 0.15) is 47.2 Å². The Hall–Kier alpha value is -1.32. The summed E-state index contributed by atoms with van der Waals surface area (Å²) in [6.45, 7) is 10.3. The van der Waals surface area contributed by atoms with Crippen molar-refractivity contribution < 1.29 is 4.74 Å². The van der Waals surface area contributed by atoms with Gasteiger partial charge >= 0.3 is 0 Å². The normalized spacial score (nSPS) is 12.4. The lowest BCUT2D eigenvalue weighted by molar-refractivity contribution is 0.312. The molecule has 0 amide bonds. The standard InChI is InChI=1S/C18H25NOS/c1-5-11-20-16-10-8-7-9-15(16)18(19-6-2)17-12-13(3)14(4)21-17/h7-10,12,18-19H,5-6,11H2,1-4H3. The summed E-state index contributed by atoms with van der Waals surface area (Å²) in [6.07, 6.45) is 1.03. The van der Waals surface area contributed by atoms with Gasteiger partial charge in [0.1, 0.15) is 5.75 Å². The minimum absolute atomic E-state index is 0.209. The lowest BCUT2D eigenvalue weighted by Crippen LogP contribution is -2.21. The second kappa shape index (κ2) is 7.62. The molecule has 0 radical (unpaired) electrons. The Morgan fingerprint density at radius 1 is 1.19 bits per heavy atom. The molecule has 1 atom stereocenters. The fourth-order valence-electron chi connectivity index (χ4n) is 2.37. The van der Waals surface area contributed by atoms with E-state index in [1.165, 1.54) is 20.9 Å². The largest absolute Gasteiger partial charge is 0.493 e. The third-order valence-corrected chi connectivity index (χ3v) is 4.79. The second-order valence-corrected chi connectivity index (χ2v) is 6.55. The van der Waals surface area contributed by atoms with E-state index in [2.05, 4.69) is 57.3 Å². The van der Waals surface area contributed by atoms with Crippen LogP contribution in [0.3, 0.4) is 0 Å². The molecule has 0 aliphatic rings. The Balaban J connectivity index is 2.38. The van der Waals surface area contributed by atoms with Crippen LogP contribution in [-0.2, 0) is 0 Å². The van der Waals surface area contributed by atoms with Gasteiger partial charge in [-0.15, -0.1) is 11.3 Å². The molecule has 1 aromatic heterocycles. The summed E-state index contributed by atoms with van der Waals surface area (Å²) < 4.78 is 5.94. The Morgan fingerprint density at radius 3 is 2.57 bits per heavy atom. The van der Waals surface area contributed by atoms with Crippen molar-refractivity contribution in [3.63, 3.8) is 0 Å². The number of rotatable bonds is 7. The van der Waals surface area contributed by atoms with Crippen molar-refractivity contribution in [2.75, 3.05) is 13.2 Å². The van der Waals surface area contributed by atoms with Gasteiger partial charge in [0.15, 0.2) is 0 Å². The van der Waals surface area contributed by atoms with Crippen LogP contribution in [0, 0.1) is 13.8 Å². The van der Waals surface area contributed by atoms with E-state index in [1.807, 2.05) is 17.4 Å². The van der Waals surface area contributed by atoms with Gasteiger partial charge in [-0.1, -0.05) is 32.0 Å². The Bertz CT molecular complexity index is 557. The molecule has 0 saturated heterocycles. The summed E-state index contributed by atoms with van der Waals surface area (Å²) >= 11 is 1.87. The molecule has 1 unspecified atom stereocenters. The second-order valence-electron chi connectivity index (χ2n) is 5.26. The number of para-hydroxylation sites is 1. The summed E-state index contributed by atoms with van der Waals surface area (Å²) in [7, 11) is 0. The molecule has 0 bridgehead atoms. The van der Waals surface area contributed by atoms with Gasteiger partial charge in [0, 0.05) is 15.3 Å². The maximum Gasteiger partial charge on any atom is 0.124 e. The quantitative estimate of drug-likeness (QED) is 0.789. The van der Waals surface area contributed by atoms with E-state index >= 15 is 0 Å². The van der Waals surface area contributed by atoms with Gasteiger partial charge in [-0.2, -0.15) is 0 Å². The molecule has 0 aliphatic heterocycles. The van der Waals surface area contributed by atoms with Crippen LogP contribution in [-0.4, -0.2) is 13.2 Å². The summed E-state index contributed by atoms with van der Waals surface area (Å²) in [5.41, 5.74) is 2.60. The molecule has 2 aromatic rings. The lowest BCUT2D eigenvalue weighted by Gasteiger charge is -2.20. The first-order valence-corrected chi connectivity index (χ1v) is 8.51. The molecule has 1 N–H and O–H groups in total. The SMILES string of the molecule is CCCOc1ccccc1C(NCC)c1cc(C)c(C)s1. The summed E-state index contributed by atoms with van der Waals surface area (Å²) in [5, 5.41) is 3.60. The van der Waals surface area contributed by atoms with E-state index < -0.39 is 0 Å². The van der Waals surface area contributed by atoms with Crippen molar-refractivity contribution in [3.8, 4) is 5.75 Å². The molecular formula is C18H25NOS. The van der Waals surface area contributed by atoms with E-state index in [9.17, 15) is 0 Å². The third kappa shape index (κ3) is 3.86. The molecule has 21 heavy (non-hydrogen) atoms. The predicted molar refractivity (Wildman–Crippen MR) is 91.5 cm³/mol. The van der Waals surface area contributed by atoms with Gasteiger partial charge in [-0.05, 0) is 44.5 Å². The molecule has 2 nitrogen and oxygen atoms in total. The number of thiophene rings is 1. The van der Waals surface area contributed by atoms with Gasteiger partial charge in [0.25, 0.3) is 0 Å². The lowest BCUT2D eigenvalue weighted by atomic mass is 10.0. The Labute approximate surface area is 132 Å². The molecule has 3 heteroatoms. The van der Waals surface area contributed by atoms with Crippen molar-refractivity contribution in [3.05, 3.63) is 51.2 Å². The summed E-state index contributed by atoms with van der Waals surface area (Å²) in [6, 6.07) is 10.9. The minimum atomic E-state index is 0.209. The molecule has 0 saturated carbocycles. The fourth-order valence-corrected chi connectivity index (χ4v) is 3.51. The first kappa shape index (κ1) is 16.1. The zero-order chi connectivity index (χ0) is 15.2. The van der Waals surface area contributed by atoms with E-state index in [4.69, 9.17) is 4.74 Å². The molecule has 114 valence electrons. The monoisotopic (exact) mass is 303 g/mol. The van der Waals surface area contributed by atoms with Gasteiger partial charge in [0.2, 0.25) is 0 Å². The van der Waals surface area contributed by atoms with Crippen molar-refractivity contribution in [1.82, 2.24) is 5.32 Å². The average Bonchev–Trinajstić information content (AvgIpc) is 2.82. The number of hydrogen-bond acceptors (Lipinski definition) is 3. The molecule has 0 aliphatic carbocycles. The zero-order valence-corrected chi connectivity index (χ0v) is 14.2. The molecule has 0 fully saturated rings. The van der Waals surface area contributed by atoms with Gasteiger partial charge < -0.3 is 10.1 Å². The topological polar surface area (TPSA) is 21.3 Å². The van der Waals surface area contributed by atoms with Crippen LogP contribution >= 0.6 is 11.3 Å². The summed E-state index contributed by atoms with van der Waals surface area (Å²) in [5.74, 6) is 0.994. The van der Waals surface area contributed by atoms with Gasteiger partial charge in [0.05, 0.1) is 12.6 Å². The highest BCUT2D eigenvalue weighted by Gasteiger charge is 2.19. The van der Waals surface area contributed by atoms with E-state index in [-0.39, 0.29) is 6.04 Å². The number of aryl methyl sites for hydroxylation is 2. The highest BCUT2D eigenvalue weighted by molar-refractivity contribution is 7.12. The highest BCUT2D eigenvalue weighted by Crippen LogP contribution is 2.35. The van der Waals surface area contributed by atoms with Crippen molar-refractivity contribution in [2.24, 2.45) is 0 Å². The predicted octanol–water partition coefficient (Wildman–Crippen LogP) is 4.85. The zero-order valence-electron chi connectivity index (χ0n) is 13.4. The average molecular weight is 303 g/mol. The van der Waals surface area contributed by atoms with E-state index in [0.29, 0.717) is 0 Å². The minimum Gasteiger partial charge on any atom is -0.493 e. The van der Waals surface area contributed by atoms with Crippen LogP contribution in [0.15, 0.2) is 30.3 Å². The Morgan fingerprint density at radius 2 is 1.95 bits per heavy atom. The highest BCUT2D eigenvalue weighted by atomic mass is 32.1. The first-order valence-electron chi connectivity index (χ1n) is 7.69. The van der Waals surface area contributed by atoms with E-state index in [0.717, 1.165) is 25.3 Å². The fraction of sp³-hybridized carbons (Fsp3) is 0.444. The number of benzene rings is 1. The van der Waals surface area contributed by atoms with Crippen LogP contribution in [0.4, 0.5) is 0 Å². The van der Waals surface area contributed by atoms with Crippen LogP contribution in [0.25, 0.3) is 0 Å². The van der Waals surface area contributed by atoms with Gasteiger partial charge in [-0.25, -0.2) is 0 Å². The van der Waals surface area contributed by atoms with Crippen LogP contribution in [0.2, 0.25) is 0 Å². The van der Waals surface area contributed by atoms with Gasteiger partial charge in [-0.3, -0.25) is 0 Å². The number of ether oxygens (including phenoxy) is 1. The first-order chi connectivity index (χ1) is 10.2. The van der Waals surface area contributed by atoms with Crippen LogP contribution < -0.4 is 10.1 Å². The van der Waals surface area contributed by atoms with E-state index in [1.54, 1.807) is 0 Å². The van der Waals surface area contributed by atoms with Crippen molar-refractivity contribution in [1.29, 1.82) is 0 Å². The molecule has 1 heterocycles. The molecular weight excluding hydrogens is 278 g/mol. The molecule has 0 spiro atoms. The third-order valence-electron chi connectivity index (χ3n) is 3.57. The van der Waals surface area contributed by atoms with Crippen LogP contribution in [0.5, 0.6) is 5.75 Å². The van der Waals surface area contributed by atoms with Crippen molar-refractivity contribution in [2.45, 2.75) is 40.2 Å². The smallest absolute Gasteiger partial charge is 0.124 e. The molecule has 1 aromatic carbocycles. The number of hydrogen-bond donors (Lipinski definition) is 1. The summed E-state index contributed by atoms with van der Waals surface area (Å²) in [4.78, 5) is 2.75. The Kier molecular flexibility index (Phi) is 5.83. The molecule has 2 rings (SSSR count). The van der Waals surface area contributed by atoms with Crippen molar-refractivity contribution >= 4 is 11.3 Å². The number of nitrogens with one attached hydrogen (secondary N) is 1.